The second-order valence-electron chi connectivity index (χ2n) is 9.45. The van der Waals surface area contributed by atoms with E-state index in [1.54, 1.807) is 52.1 Å². The van der Waals surface area contributed by atoms with E-state index in [1.165, 1.54) is 4.90 Å². The van der Waals surface area contributed by atoms with Crippen LogP contribution in [-0.4, -0.2) is 60.0 Å². The molecular weight excluding hydrogens is 478 g/mol. The second kappa shape index (κ2) is 14.1. The number of carbonyl (C=O) groups is 3. The number of ether oxygens (including phenoxy) is 3. The minimum atomic E-state index is -0.995. The molecule has 0 aliphatic rings. The van der Waals surface area contributed by atoms with Gasteiger partial charge in [0, 0.05) is 6.54 Å². The fraction of sp³-hybridized carbons (Fsp3) is 0.444. The number of nitrogens with two attached hydrogens (primary N) is 1. The first-order chi connectivity index (χ1) is 17.5. The standard InChI is InChI=1S/C27H37N3O7/c1-27(2,3)37-25(33)29-22(24(28)32)11-8-16-30(26(34)36-18-19-9-6-5-7-10-19)23(17-31)20-12-14-21(35-4)15-13-20/h5-7,9-10,12-15,22-23,31H,8,11,16-18H2,1-4H3,(H2,28,32)(H,29,33)/t22?,23-/m0/s1. The van der Waals surface area contributed by atoms with Crippen LogP contribution < -0.4 is 15.8 Å². The van der Waals surface area contributed by atoms with E-state index >= 15 is 0 Å². The molecule has 1 unspecified atom stereocenters. The molecule has 2 aromatic carbocycles. The topological polar surface area (TPSA) is 140 Å². The molecule has 0 aromatic heterocycles. The number of nitrogens with one attached hydrogen (secondary N) is 1. The van der Waals surface area contributed by atoms with E-state index < -0.39 is 35.8 Å². The van der Waals surface area contributed by atoms with Crippen LogP contribution in [0.1, 0.15) is 50.8 Å². The number of aliphatic hydroxyl groups excluding tert-OH is 1. The van der Waals surface area contributed by atoms with E-state index in [0.717, 1.165) is 5.56 Å². The minimum Gasteiger partial charge on any atom is -0.497 e. The maximum Gasteiger partial charge on any atom is 0.410 e. The van der Waals surface area contributed by atoms with Crippen molar-refractivity contribution >= 4 is 18.1 Å². The first-order valence-corrected chi connectivity index (χ1v) is 12.0. The SMILES string of the molecule is COc1ccc([C@H](CO)N(CCCC(NC(=O)OC(C)(C)C)C(N)=O)C(=O)OCc2ccccc2)cc1. The number of amides is 3. The molecule has 2 atom stereocenters. The van der Waals surface area contributed by atoms with E-state index in [1.807, 2.05) is 30.3 Å². The van der Waals surface area contributed by atoms with E-state index in [0.29, 0.717) is 11.3 Å². The number of benzene rings is 2. The van der Waals surface area contributed by atoms with Gasteiger partial charge in [0.25, 0.3) is 0 Å². The van der Waals surface area contributed by atoms with Crippen molar-refractivity contribution < 1.29 is 33.7 Å². The van der Waals surface area contributed by atoms with E-state index in [4.69, 9.17) is 19.9 Å². The molecule has 0 spiro atoms. The van der Waals surface area contributed by atoms with Crippen LogP contribution in [0.2, 0.25) is 0 Å². The lowest BCUT2D eigenvalue weighted by molar-refractivity contribution is -0.120. The largest absolute Gasteiger partial charge is 0.497 e. The number of aliphatic hydroxyl groups is 1. The third-order valence-corrected chi connectivity index (χ3v) is 5.42. The number of nitrogens with zero attached hydrogens (tertiary/aromatic N) is 1. The number of methoxy groups -OCH3 is 1. The molecule has 10 nitrogen and oxygen atoms in total. The number of hydrogen-bond acceptors (Lipinski definition) is 7. The van der Waals surface area contributed by atoms with Crippen LogP contribution in [0.5, 0.6) is 5.75 Å². The number of alkyl carbamates (subject to hydrolysis) is 1. The highest BCUT2D eigenvalue weighted by Gasteiger charge is 2.28. The average molecular weight is 516 g/mol. The second-order valence-corrected chi connectivity index (χ2v) is 9.45. The molecule has 0 heterocycles. The third-order valence-electron chi connectivity index (χ3n) is 5.42. The Morgan fingerprint density at radius 2 is 1.70 bits per heavy atom. The quantitative estimate of drug-likeness (QED) is 0.393. The normalized spacial score (nSPS) is 12.7. The molecule has 4 N–H and O–H groups in total. The summed E-state index contributed by atoms with van der Waals surface area (Å²) in [6.45, 7) is 4.95. The van der Waals surface area contributed by atoms with Gasteiger partial charge in [0.2, 0.25) is 5.91 Å². The summed E-state index contributed by atoms with van der Waals surface area (Å²) >= 11 is 0. The van der Waals surface area contributed by atoms with Crippen LogP contribution in [0.25, 0.3) is 0 Å². The van der Waals surface area contributed by atoms with E-state index in [-0.39, 0.29) is 32.6 Å². The first kappa shape index (κ1) is 29.4. The Morgan fingerprint density at radius 3 is 2.24 bits per heavy atom. The summed E-state index contributed by atoms with van der Waals surface area (Å²) in [5, 5.41) is 12.7. The van der Waals surface area contributed by atoms with Gasteiger partial charge in [0.15, 0.2) is 0 Å². The lowest BCUT2D eigenvalue weighted by Gasteiger charge is -2.31. The van der Waals surface area contributed by atoms with Crippen LogP contribution in [0.4, 0.5) is 9.59 Å². The lowest BCUT2D eigenvalue weighted by atomic mass is 10.0. The van der Waals surface area contributed by atoms with Crippen LogP contribution in [0.3, 0.4) is 0 Å². The average Bonchev–Trinajstić information content (AvgIpc) is 2.85. The van der Waals surface area contributed by atoms with Gasteiger partial charge in [0.1, 0.15) is 24.0 Å². The van der Waals surface area contributed by atoms with Gasteiger partial charge in [-0.25, -0.2) is 9.59 Å². The van der Waals surface area contributed by atoms with Crippen molar-refractivity contribution in [3.63, 3.8) is 0 Å². The molecule has 0 saturated heterocycles. The Morgan fingerprint density at radius 1 is 1.05 bits per heavy atom. The lowest BCUT2D eigenvalue weighted by Crippen LogP contribution is -2.47. The van der Waals surface area contributed by atoms with E-state index in [2.05, 4.69) is 5.32 Å². The number of carbonyl (C=O) groups excluding carboxylic acids is 3. The number of rotatable bonds is 12. The summed E-state index contributed by atoms with van der Waals surface area (Å²) in [5.41, 5.74) is 6.23. The Balaban J connectivity index is 2.14. The molecule has 0 radical (unpaired) electrons. The summed E-state index contributed by atoms with van der Waals surface area (Å²) in [6, 6.07) is 14.5. The number of hydrogen-bond donors (Lipinski definition) is 3. The molecule has 2 rings (SSSR count). The van der Waals surface area contributed by atoms with Gasteiger partial charge in [-0.15, -0.1) is 0 Å². The van der Waals surface area contributed by atoms with Crippen molar-refractivity contribution in [3.8, 4) is 5.75 Å². The molecular formula is C27H37N3O7. The summed E-state index contributed by atoms with van der Waals surface area (Å²) in [6.07, 6.45) is -0.953. The van der Waals surface area contributed by atoms with Crippen molar-refractivity contribution in [1.82, 2.24) is 10.2 Å². The summed E-state index contributed by atoms with van der Waals surface area (Å²) < 4.78 is 15.9. The van der Waals surface area contributed by atoms with Gasteiger partial charge in [-0.05, 0) is 56.9 Å². The van der Waals surface area contributed by atoms with E-state index in [9.17, 15) is 19.5 Å². The smallest absolute Gasteiger partial charge is 0.410 e. The molecule has 202 valence electrons. The van der Waals surface area contributed by atoms with Gasteiger partial charge in [-0.3, -0.25) is 9.69 Å². The van der Waals surface area contributed by atoms with Gasteiger partial charge < -0.3 is 30.4 Å². The fourth-order valence-electron chi connectivity index (χ4n) is 3.59. The predicted molar refractivity (Wildman–Crippen MR) is 138 cm³/mol. The van der Waals surface area contributed by atoms with Gasteiger partial charge in [-0.2, -0.15) is 0 Å². The summed E-state index contributed by atoms with van der Waals surface area (Å²) in [4.78, 5) is 38.6. The first-order valence-electron chi connectivity index (χ1n) is 12.0. The fourth-order valence-corrected chi connectivity index (χ4v) is 3.59. The molecule has 0 fully saturated rings. The Hall–Kier alpha value is -3.79. The highest BCUT2D eigenvalue weighted by Crippen LogP contribution is 2.25. The molecule has 0 aliphatic heterocycles. The third kappa shape index (κ3) is 10.0. The molecule has 0 bridgehead atoms. The van der Waals surface area contributed by atoms with Crippen molar-refractivity contribution in [1.29, 1.82) is 0 Å². The monoisotopic (exact) mass is 515 g/mol. The molecule has 3 amide bonds. The van der Waals surface area contributed by atoms with Crippen molar-refractivity contribution in [2.24, 2.45) is 5.73 Å². The highest BCUT2D eigenvalue weighted by molar-refractivity contribution is 5.84. The minimum absolute atomic E-state index is 0.0566. The Kier molecular flexibility index (Phi) is 11.2. The number of primary amides is 1. The molecule has 0 aliphatic carbocycles. The van der Waals surface area contributed by atoms with Crippen LogP contribution >= 0.6 is 0 Å². The zero-order valence-corrected chi connectivity index (χ0v) is 21.8. The highest BCUT2D eigenvalue weighted by atomic mass is 16.6. The zero-order chi connectivity index (χ0) is 27.4. The summed E-state index contributed by atoms with van der Waals surface area (Å²) in [7, 11) is 1.55. The van der Waals surface area contributed by atoms with Crippen LogP contribution in [-0.2, 0) is 20.9 Å². The zero-order valence-electron chi connectivity index (χ0n) is 21.8. The van der Waals surface area contributed by atoms with Crippen molar-refractivity contribution in [3.05, 3.63) is 65.7 Å². The van der Waals surface area contributed by atoms with Crippen LogP contribution in [0, 0.1) is 0 Å². The van der Waals surface area contributed by atoms with Crippen molar-refractivity contribution in [2.45, 2.75) is 57.9 Å². The molecule has 0 saturated carbocycles. The van der Waals surface area contributed by atoms with Gasteiger partial charge in [0.05, 0.1) is 19.8 Å². The summed E-state index contributed by atoms with van der Waals surface area (Å²) in [5.74, 6) is -0.0888. The molecule has 2 aromatic rings. The van der Waals surface area contributed by atoms with Gasteiger partial charge >= 0.3 is 12.2 Å². The maximum atomic E-state index is 13.1. The van der Waals surface area contributed by atoms with Gasteiger partial charge in [-0.1, -0.05) is 42.5 Å². The van der Waals surface area contributed by atoms with Crippen LogP contribution in [0.15, 0.2) is 54.6 Å². The molecule has 37 heavy (non-hydrogen) atoms. The van der Waals surface area contributed by atoms with Crippen molar-refractivity contribution in [2.75, 3.05) is 20.3 Å². The predicted octanol–water partition coefficient (Wildman–Crippen LogP) is 3.53. The Bertz CT molecular complexity index is 1010. The maximum absolute atomic E-state index is 13.1. The molecule has 10 heteroatoms. The Labute approximate surface area is 217 Å².